The van der Waals surface area contributed by atoms with E-state index in [-0.39, 0.29) is 5.69 Å². The van der Waals surface area contributed by atoms with Gasteiger partial charge in [-0.3, -0.25) is 0 Å². The fourth-order valence-electron chi connectivity index (χ4n) is 3.04. The maximum atomic E-state index is 11.7. The third kappa shape index (κ3) is 4.60. The molecule has 1 heterocycles. The first-order valence-electron chi connectivity index (χ1n) is 9.31. The van der Waals surface area contributed by atoms with Crippen LogP contribution in [-0.2, 0) is 13.2 Å². The normalized spacial score (nSPS) is 10.7. The van der Waals surface area contributed by atoms with Gasteiger partial charge in [-0.1, -0.05) is 76.6 Å². The van der Waals surface area contributed by atoms with Gasteiger partial charge in [0, 0.05) is 15.9 Å². The van der Waals surface area contributed by atoms with Crippen LogP contribution in [0.25, 0.3) is 10.9 Å². The molecule has 0 radical (unpaired) electrons. The number of fused-ring (bicyclic) bond motifs is 1. The van der Waals surface area contributed by atoms with Crippen molar-refractivity contribution in [3.8, 4) is 11.5 Å². The van der Waals surface area contributed by atoms with E-state index in [0.717, 1.165) is 15.6 Å². The standard InChI is InChI=1S/C24H18BrNO4/c25-18-11-19-21(29-14-16-7-3-1-4-8-16)13-20(24(27)28)26-23(19)22(12-18)30-15-17-9-5-2-6-10-17/h1-13H,14-15H2,(H,27,28). The molecule has 0 fully saturated rings. The second kappa shape index (κ2) is 8.97. The summed E-state index contributed by atoms with van der Waals surface area (Å²) in [6.07, 6.45) is 0. The third-order valence-electron chi connectivity index (χ3n) is 4.50. The summed E-state index contributed by atoms with van der Waals surface area (Å²) >= 11 is 3.51. The van der Waals surface area contributed by atoms with Crippen LogP contribution < -0.4 is 9.47 Å². The van der Waals surface area contributed by atoms with Crippen molar-refractivity contribution in [1.82, 2.24) is 4.98 Å². The lowest BCUT2D eigenvalue weighted by Crippen LogP contribution is -2.05. The minimum atomic E-state index is -1.13. The second-order valence-electron chi connectivity index (χ2n) is 6.66. The van der Waals surface area contributed by atoms with E-state index in [9.17, 15) is 9.90 Å². The van der Waals surface area contributed by atoms with E-state index in [0.29, 0.717) is 35.6 Å². The lowest BCUT2D eigenvalue weighted by molar-refractivity contribution is 0.0690. The molecule has 5 nitrogen and oxygen atoms in total. The molecule has 3 aromatic carbocycles. The minimum absolute atomic E-state index is 0.0996. The van der Waals surface area contributed by atoms with Gasteiger partial charge in [-0.2, -0.15) is 0 Å². The number of benzene rings is 3. The molecule has 150 valence electrons. The first-order valence-corrected chi connectivity index (χ1v) is 10.1. The van der Waals surface area contributed by atoms with Crippen LogP contribution in [0.5, 0.6) is 11.5 Å². The molecule has 0 aliphatic rings. The topological polar surface area (TPSA) is 68.7 Å². The molecule has 4 aromatic rings. The summed E-state index contributed by atoms with van der Waals surface area (Å²) in [5.74, 6) is -0.207. The van der Waals surface area contributed by atoms with Crippen molar-refractivity contribution < 1.29 is 19.4 Å². The molecular formula is C24H18BrNO4. The Kier molecular flexibility index (Phi) is 5.95. The Morgan fingerprint density at radius 2 is 1.40 bits per heavy atom. The number of carbonyl (C=O) groups is 1. The zero-order chi connectivity index (χ0) is 20.9. The van der Waals surface area contributed by atoms with Crippen molar-refractivity contribution in [2.75, 3.05) is 0 Å². The molecule has 0 atom stereocenters. The monoisotopic (exact) mass is 463 g/mol. The summed E-state index contributed by atoms with van der Waals surface area (Å²) in [6.45, 7) is 0.650. The van der Waals surface area contributed by atoms with Crippen LogP contribution >= 0.6 is 15.9 Å². The Morgan fingerprint density at radius 3 is 1.97 bits per heavy atom. The molecule has 0 amide bonds. The molecule has 1 N–H and O–H groups in total. The third-order valence-corrected chi connectivity index (χ3v) is 4.96. The van der Waals surface area contributed by atoms with Crippen molar-refractivity contribution in [3.05, 3.63) is 100 Å². The molecule has 0 aliphatic carbocycles. The van der Waals surface area contributed by atoms with Gasteiger partial charge in [0.05, 0.1) is 0 Å². The van der Waals surface area contributed by atoms with E-state index >= 15 is 0 Å². The largest absolute Gasteiger partial charge is 0.488 e. The molecule has 0 saturated carbocycles. The van der Waals surface area contributed by atoms with Gasteiger partial charge in [0.25, 0.3) is 0 Å². The second-order valence-corrected chi connectivity index (χ2v) is 7.58. The molecule has 0 spiro atoms. The average Bonchev–Trinajstić information content (AvgIpc) is 2.77. The molecular weight excluding hydrogens is 446 g/mol. The van der Waals surface area contributed by atoms with Crippen molar-refractivity contribution in [2.45, 2.75) is 13.2 Å². The molecule has 30 heavy (non-hydrogen) atoms. The van der Waals surface area contributed by atoms with Gasteiger partial charge in [0.15, 0.2) is 5.69 Å². The highest BCUT2D eigenvalue weighted by Gasteiger charge is 2.17. The van der Waals surface area contributed by atoms with Gasteiger partial charge in [-0.15, -0.1) is 0 Å². The first-order chi connectivity index (χ1) is 14.6. The smallest absolute Gasteiger partial charge is 0.354 e. The molecule has 0 saturated heterocycles. The lowest BCUT2D eigenvalue weighted by Gasteiger charge is -2.14. The number of halogens is 1. The zero-order valence-corrected chi connectivity index (χ0v) is 17.5. The fourth-order valence-corrected chi connectivity index (χ4v) is 3.48. The lowest BCUT2D eigenvalue weighted by atomic mass is 10.1. The highest BCUT2D eigenvalue weighted by atomic mass is 79.9. The van der Waals surface area contributed by atoms with E-state index in [1.165, 1.54) is 6.07 Å². The van der Waals surface area contributed by atoms with Gasteiger partial charge >= 0.3 is 5.97 Å². The summed E-state index contributed by atoms with van der Waals surface area (Å²) in [4.78, 5) is 16.0. The maximum Gasteiger partial charge on any atom is 0.354 e. The number of aromatic nitrogens is 1. The van der Waals surface area contributed by atoms with Crippen LogP contribution in [-0.4, -0.2) is 16.1 Å². The summed E-state index contributed by atoms with van der Waals surface area (Å²) in [6, 6.07) is 24.5. The number of hydrogen-bond donors (Lipinski definition) is 1. The number of carboxylic acid groups (broad SMARTS) is 1. The number of nitrogens with zero attached hydrogens (tertiary/aromatic N) is 1. The van der Waals surface area contributed by atoms with E-state index < -0.39 is 5.97 Å². The molecule has 6 heteroatoms. The van der Waals surface area contributed by atoms with Crippen LogP contribution in [0.3, 0.4) is 0 Å². The van der Waals surface area contributed by atoms with Crippen LogP contribution in [0.4, 0.5) is 0 Å². The Morgan fingerprint density at radius 1 is 0.833 bits per heavy atom. The molecule has 0 aliphatic heterocycles. The Balaban J connectivity index is 1.73. The first kappa shape index (κ1) is 19.9. The number of aromatic carboxylic acids is 1. The van der Waals surface area contributed by atoms with Gasteiger partial charge in [-0.25, -0.2) is 9.78 Å². The molecule has 0 unspecified atom stereocenters. The van der Waals surface area contributed by atoms with Crippen molar-refractivity contribution in [3.63, 3.8) is 0 Å². The highest BCUT2D eigenvalue weighted by molar-refractivity contribution is 9.10. The van der Waals surface area contributed by atoms with Gasteiger partial charge < -0.3 is 14.6 Å². The Bertz CT molecular complexity index is 1180. The number of rotatable bonds is 7. The molecule has 0 bridgehead atoms. The number of hydrogen-bond acceptors (Lipinski definition) is 4. The molecule has 1 aromatic heterocycles. The highest BCUT2D eigenvalue weighted by Crippen LogP contribution is 2.36. The summed E-state index contributed by atoms with van der Waals surface area (Å²) in [7, 11) is 0. The minimum Gasteiger partial charge on any atom is -0.488 e. The summed E-state index contributed by atoms with van der Waals surface area (Å²) in [5, 5.41) is 10.2. The van der Waals surface area contributed by atoms with Crippen LogP contribution in [0.15, 0.2) is 83.3 Å². The number of ether oxygens (including phenoxy) is 2. The van der Waals surface area contributed by atoms with Crippen LogP contribution in [0.1, 0.15) is 21.6 Å². The van der Waals surface area contributed by atoms with Crippen LogP contribution in [0, 0.1) is 0 Å². The predicted molar refractivity (Wildman–Crippen MR) is 118 cm³/mol. The average molecular weight is 464 g/mol. The Labute approximate surface area is 182 Å². The van der Waals surface area contributed by atoms with Gasteiger partial charge in [0.1, 0.15) is 30.2 Å². The van der Waals surface area contributed by atoms with E-state index in [1.54, 1.807) is 6.07 Å². The quantitative estimate of drug-likeness (QED) is 0.372. The van der Waals surface area contributed by atoms with Crippen molar-refractivity contribution in [2.24, 2.45) is 0 Å². The number of pyridine rings is 1. The summed E-state index contributed by atoms with van der Waals surface area (Å²) in [5.41, 5.74) is 2.32. The van der Waals surface area contributed by atoms with Gasteiger partial charge in [-0.05, 0) is 23.3 Å². The van der Waals surface area contributed by atoms with Gasteiger partial charge in [0.2, 0.25) is 0 Å². The van der Waals surface area contributed by atoms with E-state index in [1.807, 2.05) is 66.7 Å². The van der Waals surface area contributed by atoms with E-state index in [4.69, 9.17) is 9.47 Å². The SMILES string of the molecule is O=C(O)c1cc(OCc2ccccc2)c2cc(Br)cc(OCc3ccccc3)c2n1. The zero-order valence-electron chi connectivity index (χ0n) is 15.9. The molecule has 4 rings (SSSR count). The maximum absolute atomic E-state index is 11.7. The van der Waals surface area contributed by atoms with Crippen LogP contribution in [0.2, 0.25) is 0 Å². The summed E-state index contributed by atoms with van der Waals surface area (Å²) < 4.78 is 12.8. The predicted octanol–water partition coefficient (Wildman–Crippen LogP) is 5.85. The Hall–Kier alpha value is -3.38. The number of carboxylic acids is 1. The fraction of sp³-hybridized carbons (Fsp3) is 0.0833. The van der Waals surface area contributed by atoms with E-state index in [2.05, 4.69) is 20.9 Å². The van der Waals surface area contributed by atoms with Crippen molar-refractivity contribution >= 4 is 32.8 Å². The van der Waals surface area contributed by atoms with Crippen molar-refractivity contribution in [1.29, 1.82) is 0 Å².